The van der Waals surface area contributed by atoms with E-state index in [0.29, 0.717) is 6.54 Å². The Kier molecular flexibility index (Phi) is 3.08. The number of rotatable bonds is 2. The van der Waals surface area contributed by atoms with E-state index in [1.807, 2.05) is 4.90 Å². The first kappa shape index (κ1) is 13.6. The predicted molar refractivity (Wildman–Crippen MR) is 84.3 cm³/mol. The van der Waals surface area contributed by atoms with E-state index in [4.69, 9.17) is 9.84 Å². The van der Waals surface area contributed by atoms with Crippen LogP contribution in [-0.2, 0) is 11.2 Å². The monoisotopic (exact) mass is 297 g/mol. The van der Waals surface area contributed by atoms with Crippen molar-refractivity contribution >= 4 is 16.7 Å². The number of benzene rings is 2. The molecular weight excluding hydrogens is 278 g/mol. The van der Waals surface area contributed by atoms with E-state index in [0.717, 1.165) is 31.6 Å². The number of hydrogen-bond donors (Lipinski definition) is 1. The first-order valence-electron chi connectivity index (χ1n) is 7.79. The van der Waals surface area contributed by atoms with E-state index in [-0.39, 0.29) is 12.1 Å². The number of likely N-dealkylation sites (tertiary alicyclic amines) is 1. The van der Waals surface area contributed by atoms with E-state index in [1.165, 1.54) is 16.3 Å². The summed E-state index contributed by atoms with van der Waals surface area (Å²) in [4.78, 5) is 12.9. The van der Waals surface area contributed by atoms with Gasteiger partial charge >= 0.3 is 5.97 Å². The lowest BCUT2D eigenvalue weighted by Crippen LogP contribution is -2.43. The van der Waals surface area contributed by atoms with Gasteiger partial charge < -0.3 is 9.84 Å². The Labute approximate surface area is 129 Å². The number of fused-ring (bicyclic) bond motifs is 3. The van der Waals surface area contributed by atoms with E-state index < -0.39 is 5.97 Å². The third-order valence-corrected chi connectivity index (χ3v) is 4.91. The summed E-state index contributed by atoms with van der Waals surface area (Å²) in [5.41, 5.74) is 1.09. The van der Waals surface area contributed by atoms with E-state index >= 15 is 0 Å². The van der Waals surface area contributed by atoms with Crippen molar-refractivity contribution < 1.29 is 14.6 Å². The van der Waals surface area contributed by atoms with E-state index in [9.17, 15) is 4.79 Å². The number of carboxylic acid groups (broad SMARTS) is 1. The first-order valence-corrected chi connectivity index (χ1v) is 7.79. The minimum Gasteiger partial charge on any atom is -0.486 e. The van der Waals surface area contributed by atoms with Crippen LogP contribution >= 0.6 is 0 Å². The van der Waals surface area contributed by atoms with Crippen LogP contribution in [0.1, 0.15) is 18.4 Å². The zero-order valence-corrected chi connectivity index (χ0v) is 12.4. The molecule has 114 valence electrons. The molecule has 0 bridgehead atoms. The summed E-state index contributed by atoms with van der Waals surface area (Å²) < 4.78 is 6.37. The molecule has 0 aromatic heterocycles. The molecular formula is C18H19NO3. The van der Waals surface area contributed by atoms with Crippen LogP contribution in [0.4, 0.5) is 0 Å². The van der Waals surface area contributed by atoms with Gasteiger partial charge in [0.1, 0.15) is 11.4 Å². The Morgan fingerprint density at radius 3 is 2.95 bits per heavy atom. The number of nitrogens with zero attached hydrogens (tertiary/aromatic N) is 1. The van der Waals surface area contributed by atoms with Crippen LogP contribution in [0.5, 0.6) is 5.75 Å². The molecule has 2 aliphatic rings. The lowest BCUT2D eigenvalue weighted by atomic mass is 9.88. The fraction of sp³-hybridized carbons (Fsp3) is 0.389. The normalized spacial score (nSPS) is 24.4. The number of aliphatic carboxylic acids is 1. The van der Waals surface area contributed by atoms with Gasteiger partial charge in [-0.2, -0.15) is 0 Å². The molecule has 2 aliphatic heterocycles. The third kappa shape index (κ3) is 2.24. The molecule has 0 amide bonds. The number of ether oxygens (including phenoxy) is 1. The summed E-state index contributed by atoms with van der Waals surface area (Å²) in [6.07, 6.45) is 2.87. The molecule has 1 atom stereocenters. The molecule has 2 aromatic rings. The van der Waals surface area contributed by atoms with Crippen molar-refractivity contribution in [2.45, 2.75) is 24.9 Å². The fourth-order valence-corrected chi connectivity index (χ4v) is 3.85. The first-order chi connectivity index (χ1) is 10.7. The molecule has 1 N–H and O–H groups in total. The van der Waals surface area contributed by atoms with Crippen molar-refractivity contribution in [2.24, 2.45) is 0 Å². The molecule has 1 saturated heterocycles. The lowest BCUT2D eigenvalue weighted by molar-refractivity contribution is -0.138. The maximum atomic E-state index is 10.9. The van der Waals surface area contributed by atoms with Gasteiger partial charge in [0.25, 0.3) is 0 Å². The van der Waals surface area contributed by atoms with Crippen molar-refractivity contribution in [1.29, 1.82) is 0 Å². The van der Waals surface area contributed by atoms with Crippen LogP contribution in [0.3, 0.4) is 0 Å². The highest BCUT2D eigenvalue weighted by Gasteiger charge is 2.43. The highest BCUT2D eigenvalue weighted by molar-refractivity contribution is 5.88. The molecule has 2 heterocycles. The predicted octanol–water partition coefficient (Wildman–Crippen LogP) is 2.69. The summed E-state index contributed by atoms with van der Waals surface area (Å²) in [7, 11) is 0. The summed E-state index contributed by atoms with van der Waals surface area (Å²) in [5.74, 6) is 0.210. The molecule has 0 saturated carbocycles. The van der Waals surface area contributed by atoms with Crippen molar-refractivity contribution in [3.05, 3.63) is 42.0 Å². The minimum absolute atomic E-state index is 0.107. The van der Waals surface area contributed by atoms with Crippen molar-refractivity contribution in [3.63, 3.8) is 0 Å². The molecule has 1 fully saturated rings. The van der Waals surface area contributed by atoms with Crippen LogP contribution in [0.15, 0.2) is 36.4 Å². The van der Waals surface area contributed by atoms with Gasteiger partial charge in [0.05, 0.1) is 6.54 Å². The van der Waals surface area contributed by atoms with Gasteiger partial charge in [0.15, 0.2) is 0 Å². The minimum atomic E-state index is -0.765. The summed E-state index contributed by atoms with van der Waals surface area (Å²) in [5, 5.41) is 11.5. The summed E-state index contributed by atoms with van der Waals surface area (Å²) in [6, 6.07) is 12.6. The SMILES string of the molecule is O=C(O)CN1CCC2(CCc3c(ccc4ccccc34)O2)C1. The van der Waals surface area contributed by atoms with E-state index in [1.54, 1.807) is 0 Å². The topological polar surface area (TPSA) is 49.8 Å². The highest BCUT2D eigenvalue weighted by atomic mass is 16.5. The molecule has 1 spiro atoms. The highest BCUT2D eigenvalue weighted by Crippen LogP contribution is 2.41. The van der Waals surface area contributed by atoms with E-state index in [2.05, 4.69) is 36.4 Å². The maximum Gasteiger partial charge on any atom is 0.317 e. The molecule has 4 heteroatoms. The van der Waals surface area contributed by atoms with Gasteiger partial charge in [-0.25, -0.2) is 0 Å². The Morgan fingerprint density at radius 1 is 1.23 bits per heavy atom. The van der Waals surface area contributed by atoms with Crippen LogP contribution in [-0.4, -0.2) is 41.2 Å². The van der Waals surface area contributed by atoms with Crippen LogP contribution in [0.2, 0.25) is 0 Å². The standard InChI is InChI=1S/C18H19NO3/c20-17(21)11-19-10-9-18(12-19)8-7-15-14-4-2-1-3-13(14)5-6-16(15)22-18/h1-6H,7-12H2,(H,20,21). The van der Waals surface area contributed by atoms with Gasteiger partial charge in [-0.15, -0.1) is 0 Å². The second kappa shape index (κ2) is 4.99. The molecule has 22 heavy (non-hydrogen) atoms. The number of aryl methyl sites for hydroxylation is 1. The van der Waals surface area contributed by atoms with Gasteiger partial charge in [0, 0.05) is 25.1 Å². The molecule has 0 aliphatic carbocycles. The van der Waals surface area contributed by atoms with Crippen molar-refractivity contribution in [2.75, 3.05) is 19.6 Å². The molecule has 2 aromatic carbocycles. The third-order valence-electron chi connectivity index (χ3n) is 4.91. The number of carbonyl (C=O) groups is 1. The Balaban J connectivity index is 1.62. The summed E-state index contributed by atoms with van der Waals surface area (Å²) >= 11 is 0. The molecule has 4 rings (SSSR count). The zero-order chi connectivity index (χ0) is 15.2. The van der Waals surface area contributed by atoms with Gasteiger partial charge in [0.2, 0.25) is 0 Å². The Morgan fingerprint density at radius 2 is 2.09 bits per heavy atom. The fourth-order valence-electron chi connectivity index (χ4n) is 3.85. The van der Waals surface area contributed by atoms with Crippen LogP contribution in [0, 0.1) is 0 Å². The van der Waals surface area contributed by atoms with Crippen molar-refractivity contribution in [3.8, 4) is 5.75 Å². The smallest absolute Gasteiger partial charge is 0.317 e. The maximum absolute atomic E-state index is 10.9. The zero-order valence-electron chi connectivity index (χ0n) is 12.4. The van der Waals surface area contributed by atoms with Gasteiger partial charge in [-0.1, -0.05) is 30.3 Å². The Bertz CT molecular complexity index is 742. The van der Waals surface area contributed by atoms with Gasteiger partial charge in [-0.3, -0.25) is 9.69 Å². The van der Waals surface area contributed by atoms with Crippen molar-refractivity contribution in [1.82, 2.24) is 4.90 Å². The summed E-state index contributed by atoms with van der Waals surface area (Å²) in [6.45, 7) is 1.62. The number of carboxylic acids is 1. The average Bonchev–Trinajstić information content (AvgIpc) is 2.88. The second-order valence-corrected chi connectivity index (χ2v) is 6.40. The number of hydrogen-bond acceptors (Lipinski definition) is 3. The largest absolute Gasteiger partial charge is 0.486 e. The van der Waals surface area contributed by atoms with Crippen LogP contribution < -0.4 is 4.74 Å². The molecule has 4 nitrogen and oxygen atoms in total. The average molecular weight is 297 g/mol. The second-order valence-electron chi connectivity index (χ2n) is 6.40. The Hall–Kier alpha value is -2.07. The lowest BCUT2D eigenvalue weighted by Gasteiger charge is -2.36. The van der Waals surface area contributed by atoms with Gasteiger partial charge in [-0.05, 0) is 29.7 Å². The van der Waals surface area contributed by atoms with Crippen LogP contribution in [0.25, 0.3) is 10.8 Å². The molecule has 1 unspecified atom stereocenters. The molecule has 0 radical (unpaired) electrons. The quantitative estimate of drug-likeness (QED) is 0.926.